The monoisotopic (exact) mass is 538 g/mol. The Labute approximate surface area is 243 Å². The molecule has 198 valence electrons. The minimum atomic E-state index is 0.781. The van der Waals surface area contributed by atoms with E-state index in [0.29, 0.717) is 0 Å². The molecule has 0 bridgehead atoms. The summed E-state index contributed by atoms with van der Waals surface area (Å²) in [6, 6.07) is 53.2. The predicted molar refractivity (Wildman–Crippen MR) is 175 cm³/mol. The molecular formula is C39H26N2O. The van der Waals surface area contributed by atoms with Gasteiger partial charge in [-0.15, -0.1) is 0 Å². The Morgan fingerprint density at radius 1 is 0.452 bits per heavy atom. The molecule has 0 saturated carbocycles. The zero-order valence-corrected chi connectivity index (χ0v) is 22.8. The summed E-state index contributed by atoms with van der Waals surface area (Å²) in [5.74, 6) is 0.833. The first-order valence-corrected chi connectivity index (χ1v) is 14.1. The fraction of sp³-hybridized carbons (Fsp3) is 0. The minimum Gasteiger partial charge on any atom is -0.454 e. The largest absolute Gasteiger partial charge is 0.454 e. The number of rotatable bonds is 5. The van der Waals surface area contributed by atoms with Crippen molar-refractivity contribution >= 4 is 49.9 Å². The van der Waals surface area contributed by atoms with E-state index < -0.39 is 0 Å². The lowest BCUT2D eigenvalue weighted by molar-refractivity contribution is 0.667. The molecule has 0 aliphatic heterocycles. The highest BCUT2D eigenvalue weighted by molar-refractivity contribution is 6.08. The van der Waals surface area contributed by atoms with E-state index in [2.05, 4.69) is 132 Å². The topological polar surface area (TPSA) is 29.3 Å². The van der Waals surface area contributed by atoms with Crippen molar-refractivity contribution in [3.63, 3.8) is 0 Å². The van der Waals surface area contributed by atoms with E-state index >= 15 is 0 Å². The van der Waals surface area contributed by atoms with Crippen LogP contribution in [0, 0.1) is 0 Å². The Hall–Kier alpha value is -5.67. The van der Waals surface area contributed by atoms with Gasteiger partial charge in [-0.3, -0.25) is 4.90 Å². The number of hydrogen-bond acceptors (Lipinski definition) is 3. The van der Waals surface area contributed by atoms with E-state index in [1.54, 1.807) is 0 Å². The van der Waals surface area contributed by atoms with Crippen LogP contribution in [0.4, 0.5) is 17.2 Å². The molecule has 0 aliphatic rings. The lowest BCUT2D eigenvalue weighted by Crippen LogP contribution is -2.12. The Morgan fingerprint density at radius 3 is 1.83 bits per heavy atom. The van der Waals surface area contributed by atoms with E-state index in [0.717, 1.165) is 44.5 Å². The molecule has 42 heavy (non-hydrogen) atoms. The standard InChI is InChI=1S/C39H26N2O/c1-3-11-27(12-4-1)28-19-21-30(22-20-28)41(39-25-35-34-17-9-10-18-37(34)42-38(35)26-40-39)36-24-23-31(29-13-5-2-6-14-29)32-15-7-8-16-33(32)36/h1-26H. The van der Waals surface area contributed by atoms with Crippen LogP contribution in [0.3, 0.4) is 0 Å². The smallest absolute Gasteiger partial charge is 0.153 e. The highest BCUT2D eigenvalue weighted by Gasteiger charge is 2.20. The third-order valence-corrected chi connectivity index (χ3v) is 7.94. The molecule has 0 fully saturated rings. The Balaban J connectivity index is 1.35. The predicted octanol–water partition coefficient (Wildman–Crippen LogP) is 10.9. The highest BCUT2D eigenvalue weighted by atomic mass is 16.3. The van der Waals surface area contributed by atoms with Gasteiger partial charge < -0.3 is 4.42 Å². The van der Waals surface area contributed by atoms with Crippen molar-refractivity contribution in [1.29, 1.82) is 0 Å². The molecule has 0 saturated heterocycles. The molecule has 0 atom stereocenters. The van der Waals surface area contributed by atoms with Gasteiger partial charge in [0.15, 0.2) is 5.58 Å². The summed E-state index contributed by atoms with van der Waals surface area (Å²) in [7, 11) is 0. The number of anilines is 3. The number of furan rings is 1. The maximum Gasteiger partial charge on any atom is 0.153 e. The van der Waals surface area contributed by atoms with Crippen LogP contribution in [0.25, 0.3) is 55.0 Å². The summed E-state index contributed by atoms with van der Waals surface area (Å²) in [6.07, 6.45) is 1.84. The Kier molecular flexibility index (Phi) is 5.79. The maximum absolute atomic E-state index is 6.12. The molecular weight excluding hydrogens is 512 g/mol. The first-order chi connectivity index (χ1) is 20.8. The van der Waals surface area contributed by atoms with Gasteiger partial charge in [0.1, 0.15) is 11.4 Å². The fourth-order valence-corrected chi connectivity index (χ4v) is 5.92. The number of nitrogens with zero attached hydrogens (tertiary/aromatic N) is 2. The van der Waals surface area contributed by atoms with E-state index in [4.69, 9.17) is 9.40 Å². The molecule has 0 unspecified atom stereocenters. The van der Waals surface area contributed by atoms with E-state index in [9.17, 15) is 0 Å². The number of fused-ring (bicyclic) bond motifs is 4. The van der Waals surface area contributed by atoms with Gasteiger partial charge in [0, 0.05) is 21.8 Å². The average molecular weight is 539 g/mol. The van der Waals surface area contributed by atoms with Gasteiger partial charge in [0.05, 0.1) is 11.9 Å². The van der Waals surface area contributed by atoms with Crippen molar-refractivity contribution in [3.05, 3.63) is 158 Å². The number of para-hydroxylation sites is 1. The van der Waals surface area contributed by atoms with Gasteiger partial charge in [-0.1, -0.05) is 121 Å². The maximum atomic E-state index is 6.12. The van der Waals surface area contributed by atoms with Crippen LogP contribution in [0.1, 0.15) is 0 Å². The van der Waals surface area contributed by atoms with Crippen LogP contribution in [0.5, 0.6) is 0 Å². The van der Waals surface area contributed by atoms with E-state index in [-0.39, 0.29) is 0 Å². The summed E-state index contributed by atoms with van der Waals surface area (Å²) < 4.78 is 6.12. The lowest BCUT2D eigenvalue weighted by Gasteiger charge is -2.26. The molecule has 0 spiro atoms. The molecule has 8 rings (SSSR count). The van der Waals surface area contributed by atoms with Gasteiger partial charge in [0.2, 0.25) is 0 Å². The molecule has 0 N–H and O–H groups in total. The molecule has 6 aromatic carbocycles. The molecule has 3 heteroatoms. The number of pyridine rings is 1. The third-order valence-electron chi connectivity index (χ3n) is 7.94. The third kappa shape index (κ3) is 4.11. The lowest BCUT2D eigenvalue weighted by atomic mass is 9.96. The molecule has 0 radical (unpaired) electrons. The van der Waals surface area contributed by atoms with Gasteiger partial charge in [-0.25, -0.2) is 4.98 Å². The molecule has 2 aromatic heterocycles. The summed E-state index contributed by atoms with van der Waals surface area (Å²) in [5.41, 5.74) is 8.52. The van der Waals surface area contributed by atoms with Gasteiger partial charge >= 0.3 is 0 Å². The quantitative estimate of drug-likeness (QED) is 0.218. The second kappa shape index (κ2) is 10.1. The Bertz CT molecular complexity index is 2180. The number of aromatic nitrogens is 1. The zero-order valence-electron chi connectivity index (χ0n) is 22.8. The average Bonchev–Trinajstić information content (AvgIpc) is 3.44. The zero-order chi connectivity index (χ0) is 27.9. The SMILES string of the molecule is c1ccc(-c2ccc(N(c3cc4c(cn3)oc3ccccc34)c3ccc(-c4ccccc4)c4ccccc34)cc2)cc1. The van der Waals surface area contributed by atoms with Gasteiger partial charge in [0.25, 0.3) is 0 Å². The summed E-state index contributed by atoms with van der Waals surface area (Å²) in [5, 5.41) is 4.48. The Morgan fingerprint density at radius 2 is 1.07 bits per heavy atom. The summed E-state index contributed by atoms with van der Waals surface area (Å²) >= 11 is 0. The molecule has 3 nitrogen and oxygen atoms in total. The molecule has 2 heterocycles. The van der Waals surface area contributed by atoms with Crippen molar-refractivity contribution < 1.29 is 4.42 Å². The molecule has 0 amide bonds. The summed E-state index contributed by atoms with van der Waals surface area (Å²) in [6.45, 7) is 0. The second-order valence-electron chi connectivity index (χ2n) is 10.4. The van der Waals surface area contributed by atoms with Crippen molar-refractivity contribution in [2.45, 2.75) is 0 Å². The van der Waals surface area contributed by atoms with Crippen LogP contribution in [0.15, 0.2) is 162 Å². The number of benzene rings is 6. The van der Waals surface area contributed by atoms with Crippen LogP contribution in [-0.4, -0.2) is 4.98 Å². The van der Waals surface area contributed by atoms with E-state index in [1.807, 2.05) is 30.5 Å². The molecule has 0 aliphatic carbocycles. The second-order valence-corrected chi connectivity index (χ2v) is 10.4. The van der Waals surface area contributed by atoms with Crippen LogP contribution < -0.4 is 4.90 Å². The number of hydrogen-bond donors (Lipinski definition) is 0. The van der Waals surface area contributed by atoms with Crippen molar-refractivity contribution in [3.8, 4) is 22.3 Å². The molecule has 8 aromatic rings. The van der Waals surface area contributed by atoms with Crippen LogP contribution in [0.2, 0.25) is 0 Å². The van der Waals surface area contributed by atoms with Crippen LogP contribution >= 0.6 is 0 Å². The van der Waals surface area contributed by atoms with Crippen molar-refractivity contribution in [1.82, 2.24) is 4.98 Å². The van der Waals surface area contributed by atoms with Gasteiger partial charge in [-0.05, 0) is 58.0 Å². The van der Waals surface area contributed by atoms with Crippen LogP contribution in [-0.2, 0) is 0 Å². The first-order valence-electron chi connectivity index (χ1n) is 14.1. The van der Waals surface area contributed by atoms with Gasteiger partial charge in [-0.2, -0.15) is 0 Å². The summed E-state index contributed by atoms with van der Waals surface area (Å²) in [4.78, 5) is 7.21. The highest BCUT2D eigenvalue weighted by Crippen LogP contribution is 2.43. The van der Waals surface area contributed by atoms with E-state index in [1.165, 1.54) is 27.6 Å². The van der Waals surface area contributed by atoms with Crippen molar-refractivity contribution in [2.75, 3.05) is 4.90 Å². The normalized spacial score (nSPS) is 11.3. The fourth-order valence-electron chi connectivity index (χ4n) is 5.92. The minimum absolute atomic E-state index is 0.781. The van der Waals surface area contributed by atoms with Crippen molar-refractivity contribution in [2.24, 2.45) is 0 Å². The first kappa shape index (κ1) is 24.2.